The van der Waals surface area contributed by atoms with Gasteiger partial charge in [0.15, 0.2) is 5.76 Å². The van der Waals surface area contributed by atoms with E-state index in [2.05, 4.69) is 5.16 Å². The molecule has 0 saturated heterocycles. The highest BCUT2D eigenvalue weighted by Gasteiger charge is 2.11. The van der Waals surface area contributed by atoms with Crippen LogP contribution in [0.4, 0.5) is 0 Å². The third-order valence-corrected chi connectivity index (χ3v) is 3.84. The van der Waals surface area contributed by atoms with E-state index in [-0.39, 0.29) is 6.61 Å². The van der Waals surface area contributed by atoms with Crippen LogP contribution in [0.15, 0.2) is 52.4 Å². The summed E-state index contributed by atoms with van der Waals surface area (Å²) in [7, 11) is 0. The minimum absolute atomic E-state index is 0.0309. The van der Waals surface area contributed by atoms with Crippen LogP contribution in [0, 0.1) is 0 Å². The van der Waals surface area contributed by atoms with Gasteiger partial charge in [-0.3, -0.25) is 4.79 Å². The van der Waals surface area contributed by atoms with Gasteiger partial charge >= 0.3 is 5.97 Å². The van der Waals surface area contributed by atoms with Crippen molar-refractivity contribution in [3.05, 3.63) is 64.7 Å². The van der Waals surface area contributed by atoms with Crippen LogP contribution in [-0.2, 0) is 11.3 Å². The molecule has 0 atom stereocenters. The van der Waals surface area contributed by atoms with Gasteiger partial charge in [0.25, 0.3) is 0 Å². The van der Waals surface area contributed by atoms with E-state index in [0.29, 0.717) is 22.6 Å². The van der Waals surface area contributed by atoms with Crippen molar-refractivity contribution >= 4 is 23.6 Å². The number of hydrogen-bond donors (Lipinski definition) is 0. The van der Waals surface area contributed by atoms with Crippen molar-refractivity contribution in [1.29, 1.82) is 0 Å². The molecule has 3 rings (SSSR count). The van der Waals surface area contributed by atoms with E-state index in [1.54, 1.807) is 41.7 Å². The van der Waals surface area contributed by atoms with Gasteiger partial charge in [0.1, 0.15) is 18.6 Å². The van der Waals surface area contributed by atoms with Crippen molar-refractivity contribution < 1.29 is 18.8 Å². The van der Waals surface area contributed by atoms with Crippen LogP contribution in [0.3, 0.4) is 0 Å². The Balaban J connectivity index is 1.62. The number of benzene rings is 1. The lowest BCUT2D eigenvalue weighted by molar-refractivity contribution is 0.0464. The van der Waals surface area contributed by atoms with Crippen molar-refractivity contribution in [2.45, 2.75) is 6.61 Å². The van der Waals surface area contributed by atoms with E-state index in [1.165, 1.54) is 0 Å². The van der Waals surface area contributed by atoms with Gasteiger partial charge in [0.05, 0.1) is 10.4 Å². The topological polar surface area (TPSA) is 69.4 Å². The molecule has 0 radical (unpaired) electrons. The number of aromatic nitrogens is 1. The molecule has 0 N–H and O–H groups in total. The number of carbonyl (C=O) groups is 2. The number of aldehydes is 1. The maximum atomic E-state index is 11.9. The van der Waals surface area contributed by atoms with Crippen LogP contribution in [0.1, 0.15) is 26.4 Å². The summed E-state index contributed by atoms with van der Waals surface area (Å²) in [6, 6.07) is 11.8. The molecule has 0 aliphatic rings. The molecule has 22 heavy (non-hydrogen) atoms. The summed E-state index contributed by atoms with van der Waals surface area (Å²) in [6.45, 7) is 0.0309. The van der Waals surface area contributed by atoms with Crippen LogP contribution in [0.25, 0.3) is 10.6 Å². The van der Waals surface area contributed by atoms with E-state index >= 15 is 0 Å². The third-order valence-electron chi connectivity index (χ3n) is 2.96. The second-order valence-electron chi connectivity index (χ2n) is 4.48. The van der Waals surface area contributed by atoms with Crippen molar-refractivity contribution in [3.63, 3.8) is 0 Å². The molecule has 0 spiro atoms. The summed E-state index contributed by atoms with van der Waals surface area (Å²) >= 11 is 1.54. The second kappa shape index (κ2) is 6.36. The first-order chi connectivity index (χ1) is 10.8. The monoisotopic (exact) mass is 313 g/mol. The lowest BCUT2D eigenvalue weighted by atomic mass is 10.1. The molecule has 110 valence electrons. The fraction of sp³-hybridized carbons (Fsp3) is 0.0625. The molecule has 0 aliphatic heterocycles. The number of hydrogen-bond acceptors (Lipinski definition) is 6. The Morgan fingerprint density at radius 2 is 2.09 bits per heavy atom. The first kappa shape index (κ1) is 14.2. The van der Waals surface area contributed by atoms with Crippen LogP contribution in [0.5, 0.6) is 0 Å². The maximum Gasteiger partial charge on any atom is 0.338 e. The molecular formula is C16H11NO4S. The number of thiophene rings is 1. The minimum Gasteiger partial charge on any atom is -0.455 e. The Bertz CT molecular complexity index is 775. The highest BCUT2D eigenvalue weighted by atomic mass is 32.1. The van der Waals surface area contributed by atoms with Gasteiger partial charge in [-0.15, -0.1) is 11.3 Å². The average Bonchev–Trinajstić information content (AvgIpc) is 3.23. The number of nitrogens with zero attached hydrogens (tertiary/aromatic N) is 1. The molecule has 0 aliphatic carbocycles. The molecule has 6 heteroatoms. The molecule has 2 aromatic heterocycles. The normalized spacial score (nSPS) is 10.4. The van der Waals surface area contributed by atoms with Gasteiger partial charge in [-0.25, -0.2) is 4.79 Å². The van der Waals surface area contributed by atoms with Crippen LogP contribution >= 0.6 is 11.3 Å². The highest BCUT2D eigenvalue weighted by Crippen LogP contribution is 2.25. The van der Waals surface area contributed by atoms with E-state index in [9.17, 15) is 9.59 Å². The fourth-order valence-corrected chi connectivity index (χ4v) is 2.51. The fourth-order valence-electron chi connectivity index (χ4n) is 1.84. The smallest absolute Gasteiger partial charge is 0.338 e. The molecule has 3 aromatic rings. The van der Waals surface area contributed by atoms with Gasteiger partial charge in [0, 0.05) is 11.6 Å². The summed E-state index contributed by atoms with van der Waals surface area (Å²) in [4.78, 5) is 23.4. The Hall–Kier alpha value is -2.73. The first-order valence-electron chi connectivity index (χ1n) is 6.48. The van der Waals surface area contributed by atoms with Gasteiger partial charge in [0.2, 0.25) is 0 Å². The minimum atomic E-state index is -0.474. The van der Waals surface area contributed by atoms with Crippen molar-refractivity contribution in [1.82, 2.24) is 5.16 Å². The van der Waals surface area contributed by atoms with E-state index in [1.807, 2.05) is 17.5 Å². The molecular weight excluding hydrogens is 302 g/mol. The SMILES string of the molecule is O=Cc1ccc(C(=O)OCc2cc(-c3cccs3)on2)cc1. The lowest BCUT2D eigenvalue weighted by Crippen LogP contribution is -2.05. The van der Waals surface area contributed by atoms with Gasteiger partial charge < -0.3 is 9.26 Å². The quantitative estimate of drug-likeness (QED) is 0.532. The van der Waals surface area contributed by atoms with Crippen molar-refractivity contribution in [2.24, 2.45) is 0 Å². The zero-order valence-electron chi connectivity index (χ0n) is 11.4. The van der Waals surface area contributed by atoms with Crippen molar-refractivity contribution in [2.75, 3.05) is 0 Å². The molecule has 5 nitrogen and oxygen atoms in total. The number of esters is 1. The predicted molar refractivity (Wildman–Crippen MR) is 80.8 cm³/mol. The summed E-state index contributed by atoms with van der Waals surface area (Å²) in [6.07, 6.45) is 0.719. The van der Waals surface area contributed by atoms with E-state index in [4.69, 9.17) is 9.26 Å². The molecule has 0 fully saturated rings. The third kappa shape index (κ3) is 3.12. The van der Waals surface area contributed by atoms with Crippen LogP contribution in [-0.4, -0.2) is 17.4 Å². The molecule has 0 bridgehead atoms. The summed E-state index contributed by atoms with van der Waals surface area (Å²) < 4.78 is 10.4. The van der Waals surface area contributed by atoms with Gasteiger partial charge in [-0.1, -0.05) is 23.4 Å². The standard InChI is InChI=1S/C16H11NO4S/c18-9-11-3-5-12(6-4-11)16(19)20-10-13-8-14(21-17-13)15-2-1-7-22-15/h1-9H,10H2. The second-order valence-corrected chi connectivity index (χ2v) is 5.42. The zero-order chi connectivity index (χ0) is 15.4. The molecule has 2 heterocycles. The predicted octanol–water partition coefficient (Wildman–Crippen LogP) is 3.57. The maximum absolute atomic E-state index is 11.9. The Labute approximate surface area is 130 Å². The highest BCUT2D eigenvalue weighted by molar-refractivity contribution is 7.13. The van der Waals surface area contributed by atoms with E-state index in [0.717, 1.165) is 11.2 Å². The Kier molecular flexibility index (Phi) is 4.11. The van der Waals surface area contributed by atoms with Gasteiger partial charge in [-0.2, -0.15) is 0 Å². The zero-order valence-corrected chi connectivity index (χ0v) is 12.2. The Morgan fingerprint density at radius 1 is 1.27 bits per heavy atom. The van der Waals surface area contributed by atoms with Crippen LogP contribution in [0.2, 0.25) is 0 Å². The summed E-state index contributed by atoms with van der Waals surface area (Å²) in [5.41, 5.74) is 1.43. The summed E-state index contributed by atoms with van der Waals surface area (Å²) in [5.74, 6) is 0.175. The molecule has 0 amide bonds. The number of rotatable bonds is 5. The van der Waals surface area contributed by atoms with E-state index < -0.39 is 5.97 Å². The number of ether oxygens (including phenoxy) is 1. The molecule has 1 aromatic carbocycles. The summed E-state index contributed by atoms with van der Waals surface area (Å²) in [5, 5.41) is 5.82. The number of carbonyl (C=O) groups excluding carboxylic acids is 2. The molecule has 0 saturated carbocycles. The Morgan fingerprint density at radius 3 is 2.77 bits per heavy atom. The van der Waals surface area contributed by atoms with Crippen LogP contribution < -0.4 is 0 Å². The van der Waals surface area contributed by atoms with Crippen molar-refractivity contribution in [3.8, 4) is 10.6 Å². The lowest BCUT2D eigenvalue weighted by Gasteiger charge is -2.02. The average molecular weight is 313 g/mol. The molecule has 0 unspecified atom stereocenters. The first-order valence-corrected chi connectivity index (χ1v) is 7.36. The van der Waals surface area contributed by atoms with Gasteiger partial charge in [-0.05, 0) is 23.6 Å². The largest absolute Gasteiger partial charge is 0.455 e.